The van der Waals surface area contributed by atoms with Crippen LogP contribution in [0.2, 0.25) is 15.1 Å². The summed E-state index contributed by atoms with van der Waals surface area (Å²) in [4.78, 5) is 24.0. The predicted octanol–water partition coefficient (Wildman–Crippen LogP) is 6.37. The van der Waals surface area contributed by atoms with Crippen LogP contribution in [0, 0.1) is 0 Å². The van der Waals surface area contributed by atoms with Crippen LogP contribution in [0.3, 0.4) is 0 Å². The van der Waals surface area contributed by atoms with Crippen LogP contribution in [0.25, 0.3) is 11.5 Å². The fraction of sp³-hybridized carbons (Fsp3) is 0.259. The first kappa shape index (κ1) is 27.6. The van der Waals surface area contributed by atoms with Crippen LogP contribution >= 0.6 is 34.8 Å². The molecule has 1 aliphatic carbocycles. The van der Waals surface area contributed by atoms with E-state index in [1.165, 1.54) is 0 Å². The Bertz CT molecular complexity index is 1520. The van der Waals surface area contributed by atoms with Crippen molar-refractivity contribution in [3.05, 3.63) is 81.2 Å². The van der Waals surface area contributed by atoms with Crippen molar-refractivity contribution < 1.29 is 13.5 Å². The lowest BCUT2D eigenvalue weighted by Gasteiger charge is -2.19. The van der Waals surface area contributed by atoms with E-state index in [0.29, 0.717) is 54.5 Å². The summed E-state index contributed by atoms with van der Waals surface area (Å²) in [6, 6.07) is 14.0. The molecule has 1 amide bonds. The summed E-state index contributed by atoms with van der Waals surface area (Å²) >= 11 is 19.4. The number of hydrogen-bond donors (Lipinski definition) is 1. The van der Waals surface area contributed by atoms with Gasteiger partial charge in [-0.1, -0.05) is 46.9 Å². The minimum atomic E-state index is -1.08. The smallest absolute Gasteiger partial charge is 0.257 e. The zero-order valence-corrected chi connectivity index (χ0v) is 24.2. The van der Waals surface area contributed by atoms with Gasteiger partial charge in [-0.05, 0) is 61.4 Å². The Balaban J connectivity index is 1.29. The number of nitrogens with zero attached hydrogens (tertiary/aromatic N) is 4. The Morgan fingerprint density at radius 3 is 2.38 bits per heavy atom. The zero-order valence-electron chi connectivity index (χ0n) is 21.1. The monoisotopic (exact) mass is 603 g/mol. The fourth-order valence-electron chi connectivity index (χ4n) is 4.34. The molecule has 1 fully saturated rings. The lowest BCUT2D eigenvalue weighted by Crippen LogP contribution is -2.30. The van der Waals surface area contributed by atoms with Crippen molar-refractivity contribution in [2.24, 2.45) is 0 Å². The number of pyridine rings is 1. The second-order valence-corrected chi connectivity index (χ2v) is 12.2. The van der Waals surface area contributed by atoms with Crippen LogP contribution in [0.1, 0.15) is 31.2 Å². The molecule has 1 atom stereocenters. The predicted molar refractivity (Wildman–Crippen MR) is 154 cm³/mol. The van der Waals surface area contributed by atoms with E-state index in [9.17, 15) is 9.00 Å². The molecule has 2 aromatic carbocycles. The number of benzene rings is 2. The second kappa shape index (κ2) is 11.3. The van der Waals surface area contributed by atoms with Crippen LogP contribution in [0.4, 0.5) is 11.5 Å². The van der Waals surface area contributed by atoms with Crippen molar-refractivity contribution in [2.45, 2.75) is 30.1 Å². The van der Waals surface area contributed by atoms with Gasteiger partial charge in [0, 0.05) is 50.9 Å². The molecule has 2 heterocycles. The van der Waals surface area contributed by atoms with E-state index in [0.717, 1.165) is 18.4 Å². The highest BCUT2D eigenvalue weighted by Crippen LogP contribution is 2.57. The third kappa shape index (κ3) is 5.82. The molecule has 1 unspecified atom stereocenters. The van der Waals surface area contributed by atoms with Gasteiger partial charge in [0.15, 0.2) is 5.82 Å². The molecule has 12 heteroatoms. The Morgan fingerprint density at radius 2 is 1.79 bits per heavy atom. The summed E-state index contributed by atoms with van der Waals surface area (Å²) in [6.07, 6.45) is 3.10. The number of rotatable bonds is 9. The van der Waals surface area contributed by atoms with E-state index in [1.807, 2.05) is 19.1 Å². The van der Waals surface area contributed by atoms with E-state index in [1.54, 1.807) is 54.5 Å². The molecule has 5 rings (SSSR count). The van der Waals surface area contributed by atoms with E-state index in [2.05, 4.69) is 20.4 Å². The minimum absolute atomic E-state index is 0.0421. The molecule has 8 nitrogen and oxygen atoms in total. The summed E-state index contributed by atoms with van der Waals surface area (Å²) in [6.45, 7) is 1.89. The normalized spacial score (nSPS) is 14.6. The van der Waals surface area contributed by atoms with Crippen molar-refractivity contribution in [1.82, 2.24) is 15.1 Å². The lowest BCUT2D eigenvalue weighted by molar-refractivity contribution is -0.114. The van der Waals surface area contributed by atoms with E-state index in [-0.39, 0.29) is 12.5 Å². The van der Waals surface area contributed by atoms with E-state index in [4.69, 9.17) is 39.3 Å². The van der Waals surface area contributed by atoms with Crippen molar-refractivity contribution in [3.63, 3.8) is 0 Å². The summed E-state index contributed by atoms with van der Waals surface area (Å²) in [5.41, 5.74) is 1.39. The van der Waals surface area contributed by atoms with Crippen LogP contribution < -0.4 is 10.2 Å². The van der Waals surface area contributed by atoms with Gasteiger partial charge in [0.2, 0.25) is 5.91 Å². The number of likely N-dealkylation sites (N-methyl/N-ethyl adjacent to an activating group) is 1. The van der Waals surface area contributed by atoms with Gasteiger partial charge in [-0.3, -0.25) is 9.00 Å². The molecular formula is C27H24Cl3N5O3S. The van der Waals surface area contributed by atoms with Crippen molar-refractivity contribution in [1.29, 1.82) is 0 Å². The number of aromatic nitrogens is 3. The van der Waals surface area contributed by atoms with Gasteiger partial charge < -0.3 is 14.7 Å². The first-order chi connectivity index (χ1) is 18.7. The molecule has 1 aliphatic rings. The zero-order chi connectivity index (χ0) is 27.7. The molecule has 0 aliphatic heterocycles. The maximum atomic E-state index is 12.8. The minimum Gasteiger partial charge on any atom is -0.350 e. The summed E-state index contributed by atoms with van der Waals surface area (Å²) in [5.74, 6) is 1.73. The second-order valence-electron chi connectivity index (χ2n) is 9.22. The number of nitrogens with one attached hydrogen (secondary N) is 1. The Morgan fingerprint density at radius 1 is 1.10 bits per heavy atom. The molecular weight excluding hydrogens is 581 g/mol. The van der Waals surface area contributed by atoms with Gasteiger partial charge in [0.05, 0.1) is 27.7 Å². The number of halogens is 3. The van der Waals surface area contributed by atoms with Gasteiger partial charge in [0.1, 0.15) is 5.82 Å². The van der Waals surface area contributed by atoms with Gasteiger partial charge in [-0.15, -0.1) is 0 Å². The summed E-state index contributed by atoms with van der Waals surface area (Å²) < 4.78 is 17.4. The Kier molecular flexibility index (Phi) is 7.96. The Hall–Kier alpha value is -2.98. The summed E-state index contributed by atoms with van der Waals surface area (Å²) in [5, 5.41) is 8.50. The topological polar surface area (TPSA) is 101 Å². The standard InChI is InChI=1S/C27H24Cl3N5O3S/c1-3-39(37)19-8-9-22(31-14-19)35(2)15-23(36)32-18-12-20(29)24(21(30)13-18)27(10-11-27)26-33-25(38-34-26)16-4-6-17(28)7-5-16/h4-9,12-14H,3,10-11,15H2,1-2H3,(H,32,36). The average Bonchev–Trinajstić information content (AvgIpc) is 3.54. The van der Waals surface area contributed by atoms with Gasteiger partial charge >= 0.3 is 0 Å². The van der Waals surface area contributed by atoms with Crippen LogP contribution in [0.15, 0.2) is 64.1 Å². The van der Waals surface area contributed by atoms with Crippen molar-refractivity contribution >= 4 is 63.0 Å². The van der Waals surface area contributed by atoms with Crippen molar-refractivity contribution in [2.75, 3.05) is 29.6 Å². The molecule has 0 saturated heterocycles. The number of carbonyl (C=O) groups excluding carboxylic acids is 1. The summed E-state index contributed by atoms with van der Waals surface area (Å²) in [7, 11) is 0.670. The number of anilines is 2. The molecule has 202 valence electrons. The van der Waals surface area contributed by atoms with Crippen LogP contribution in [0.5, 0.6) is 0 Å². The number of carbonyl (C=O) groups is 1. The molecule has 0 spiro atoms. The Labute approximate surface area is 243 Å². The molecule has 2 aromatic heterocycles. The number of amides is 1. The quantitative estimate of drug-likeness (QED) is 0.237. The average molecular weight is 605 g/mol. The van der Waals surface area contributed by atoms with Gasteiger partial charge in [-0.2, -0.15) is 4.98 Å². The van der Waals surface area contributed by atoms with E-state index < -0.39 is 16.2 Å². The molecule has 4 aromatic rings. The van der Waals surface area contributed by atoms with Crippen LogP contribution in [-0.4, -0.2) is 44.6 Å². The largest absolute Gasteiger partial charge is 0.350 e. The number of hydrogen-bond acceptors (Lipinski definition) is 7. The van der Waals surface area contributed by atoms with Crippen molar-refractivity contribution in [3.8, 4) is 11.5 Å². The fourth-order valence-corrected chi connectivity index (χ4v) is 6.04. The first-order valence-electron chi connectivity index (χ1n) is 12.2. The molecule has 0 bridgehead atoms. The van der Waals surface area contributed by atoms with Gasteiger partial charge in [0.25, 0.3) is 5.89 Å². The third-order valence-corrected chi connectivity index (χ3v) is 8.66. The lowest BCUT2D eigenvalue weighted by atomic mass is 9.94. The molecule has 0 radical (unpaired) electrons. The highest BCUT2D eigenvalue weighted by Gasteiger charge is 2.52. The SMILES string of the molecule is CCS(=O)c1ccc(N(C)CC(=O)Nc2cc(Cl)c(C3(c4noc(-c5ccc(Cl)cc5)n4)CC3)c(Cl)c2)nc1. The van der Waals surface area contributed by atoms with Crippen LogP contribution in [-0.2, 0) is 21.0 Å². The maximum absolute atomic E-state index is 12.8. The third-order valence-electron chi connectivity index (χ3n) is 6.52. The highest BCUT2D eigenvalue weighted by molar-refractivity contribution is 7.85. The molecule has 1 saturated carbocycles. The van der Waals surface area contributed by atoms with E-state index >= 15 is 0 Å². The first-order valence-corrected chi connectivity index (χ1v) is 14.6. The molecule has 39 heavy (non-hydrogen) atoms. The highest BCUT2D eigenvalue weighted by atomic mass is 35.5. The maximum Gasteiger partial charge on any atom is 0.257 e. The molecule has 1 N–H and O–H groups in total. The van der Waals surface area contributed by atoms with Gasteiger partial charge in [-0.25, -0.2) is 4.98 Å².